The topological polar surface area (TPSA) is 87.2 Å². The average Bonchev–Trinajstić information content (AvgIpc) is 2.61. The first-order valence-corrected chi connectivity index (χ1v) is 9.17. The van der Waals surface area contributed by atoms with Crippen LogP contribution in [0.25, 0.3) is 0 Å². The van der Waals surface area contributed by atoms with Gasteiger partial charge >= 0.3 is 6.09 Å². The van der Waals surface area contributed by atoms with Gasteiger partial charge in [0.2, 0.25) is 17.7 Å². The maximum atomic E-state index is 12.5. The lowest BCUT2D eigenvalue weighted by atomic mass is 9.82. The lowest BCUT2D eigenvalue weighted by Gasteiger charge is -2.30. The molecule has 0 N–H and O–H groups in total. The number of amides is 4. The summed E-state index contributed by atoms with van der Waals surface area (Å²) in [6.07, 6.45) is 4.88. The highest BCUT2D eigenvalue weighted by atomic mass is 16.6. The van der Waals surface area contributed by atoms with Crippen molar-refractivity contribution in [2.24, 2.45) is 11.8 Å². The predicted molar refractivity (Wildman–Crippen MR) is 101 cm³/mol. The Bertz CT molecular complexity index is 588. The molecule has 8 heteroatoms. The second-order valence-corrected chi connectivity index (χ2v) is 7.13. The second kappa shape index (κ2) is 10.8. The van der Waals surface area contributed by atoms with Crippen LogP contribution in [-0.2, 0) is 19.1 Å². The maximum absolute atomic E-state index is 12.5. The zero-order valence-corrected chi connectivity index (χ0v) is 16.9. The van der Waals surface area contributed by atoms with Crippen LogP contribution in [0.4, 0.5) is 4.79 Å². The van der Waals surface area contributed by atoms with Gasteiger partial charge in [0.25, 0.3) is 0 Å². The molecule has 0 aromatic rings. The third-order valence-electron chi connectivity index (χ3n) is 4.69. The number of hydrogen-bond acceptors (Lipinski definition) is 6. The highest BCUT2D eigenvalue weighted by Gasteiger charge is 2.33. The van der Waals surface area contributed by atoms with Crippen LogP contribution in [0.15, 0.2) is 12.2 Å². The number of carbonyl (C=O) groups excluding carboxylic acids is 4. The molecule has 8 nitrogen and oxygen atoms in total. The van der Waals surface area contributed by atoms with Crippen LogP contribution in [0.5, 0.6) is 0 Å². The maximum Gasteiger partial charge on any atom is 0.416 e. The van der Waals surface area contributed by atoms with Crippen molar-refractivity contribution < 1.29 is 23.9 Å². The molecule has 0 radical (unpaired) electrons. The Morgan fingerprint density at radius 3 is 2.15 bits per heavy atom. The molecule has 0 aromatic carbocycles. The highest BCUT2D eigenvalue weighted by Crippen LogP contribution is 2.27. The van der Waals surface area contributed by atoms with Gasteiger partial charge in [0, 0.05) is 39.3 Å². The minimum atomic E-state index is -0.693. The molecule has 2 unspecified atom stereocenters. The van der Waals surface area contributed by atoms with Crippen molar-refractivity contribution in [3.8, 4) is 0 Å². The van der Waals surface area contributed by atoms with E-state index in [1.54, 1.807) is 0 Å². The fourth-order valence-corrected chi connectivity index (χ4v) is 2.94. The van der Waals surface area contributed by atoms with Gasteiger partial charge in [0.05, 0.1) is 6.61 Å². The zero-order chi connectivity index (χ0) is 20.6. The molecule has 0 aliphatic heterocycles. The molecule has 0 bridgehead atoms. The first-order valence-electron chi connectivity index (χ1n) is 9.17. The molecule has 0 aromatic heterocycles. The third kappa shape index (κ3) is 7.13. The van der Waals surface area contributed by atoms with Crippen molar-refractivity contribution in [1.82, 2.24) is 14.7 Å². The zero-order valence-electron chi connectivity index (χ0n) is 16.9. The van der Waals surface area contributed by atoms with E-state index in [0.29, 0.717) is 19.3 Å². The van der Waals surface area contributed by atoms with E-state index in [4.69, 9.17) is 4.74 Å². The summed E-state index contributed by atoms with van der Waals surface area (Å²) >= 11 is 0. The van der Waals surface area contributed by atoms with E-state index in [1.165, 1.54) is 20.9 Å². The predicted octanol–water partition coefficient (Wildman–Crippen LogP) is 1.51. The van der Waals surface area contributed by atoms with Crippen molar-refractivity contribution in [2.75, 3.05) is 40.8 Å². The van der Waals surface area contributed by atoms with Crippen molar-refractivity contribution in [1.29, 1.82) is 0 Å². The van der Waals surface area contributed by atoms with Gasteiger partial charge in [0.15, 0.2) is 0 Å². The van der Waals surface area contributed by atoms with Crippen LogP contribution < -0.4 is 0 Å². The van der Waals surface area contributed by atoms with E-state index < -0.39 is 12.0 Å². The number of imide groups is 2. The summed E-state index contributed by atoms with van der Waals surface area (Å²) in [5.74, 6) is -1.61. The Hall–Kier alpha value is -2.22. The summed E-state index contributed by atoms with van der Waals surface area (Å²) in [6.45, 7) is 3.73. The van der Waals surface area contributed by atoms with Gasteiger partial charge in [0.1, 0.15) is 0 Å². The van der Waals surface area contributed by atoms with Crippen molar-refractivity contribution >= 4 is 23.8 Å². The van der Waals surface area contributed by atoms with E-state index in [1.807, 2.05) is 31.1 Å². The first-order chi connectivity index (χ1) is 12.6. The molecule has 1 aliphatic carbocycles. The highest BCUT2D eigenvalue weighted by molar-refractivity contribution is 5.95. The number of allylic oxidation sites excluding steroid dienone is 2. The Morgan fingerprint density at radius 1 is 0.963 bits per heavy atom. The van der Waals surface area contributed by atoms with E-state index >= 15 is 0 Å². The summed E-state index contributed by atoms with van der Waals surface area (Å²) in [7, 11) is 5.29. The summed E-state index contributed by atoms with van der Waals surface area (Å²) in [5, 5.41) is 0. The minimum Gasteiger partial charge on any atom is -0.449 e. The number of rotatable bonds is 7. The normalized spacial score (nSPS) is 18.9. The molecule has 152 valence electrons. The standard InChI is InChI=1S/C19H31N3O5/c1-14(23)21(5)18(25)17-10-7-6-9-16(17)13-27-19(26)22(15(2)24)12-8-11-20(3)4/h6-7,16-17H,8-13H2,1-5H3. The van der Waals surface area contributed by atoms with Crippen LogP contribution in [0.3, 0.4) is 0 Å². The fourth-order valence-electron chi connectivity index (χ4n) is 2.94. The number of carbonyl (C=O) groups is 4. The van der Waals surface area contributed by atoms with Gasteiger partial charge in [-0.15, -0.1) is 0 Å². The smallest absolute Gasteiger partial charge is 0.416 e. The van der Waals surface area contributed by atoms with Crippen LogP contribution in [0.2, 0.25) is 0 Å². The Morgan fingerprint density at radius 2 is 1.59 bits per heavy atom. The molecule has 0 fully saturated rings. The first kappa shape index (κ1) is 22.8. The summed E-state index contributed by atoms with van der Waals surface area (Å²) < 4.78 is 5.35. The van der Waals surface area contributed by atoms with Gasteiger partial charge in [-0.3, -0.25) is 19.3 Å². The molecule has 1 rings (SSSR count). The third-order valence-corrected chi connectivity index (χ3v) is 4.69. The quantitative estimate of drug-likeness (QED) is 0.621. The molecule has 0 spiro atoms. The van der Waals surface area contributed by atoms with Crippen molar-refractivity contribution in [2.45, 2.75) is 33.1 Å². The van der Waals surface area contributed by atoms with Gasteiger partial charge < -0.3 is 9.64 Å². The van der Waals surface area contributed by atoms with Crippen molar-refractivity contribution in [3.05, 3.63) is 12.2 Å². The molecule has 0 saturated carbocycles. The average molecular weight is 381 g/mol. The summed E-state index contributed by atoms with van der Waals surface area (Å²) in [4.78, 5) is 52.2. The van der Waals surface area contributed by atoms with Gasteiger partial charge in [-0.1, -0.05) is 12.2 Å². The molecule has 0 heterocycles. The lowest BCUT2D eigenvalue weighted by molar-refractivity contribution is -0.146. The minimum absolute atomic E-state index is 0.0305. The second-order valence-electron chi connectivity index (χ2n) is 7.13. The Balaban J connectivity index is 2.67. The SMILES string of the molecule is CC(=O)N(C)C(=O)C1CC=CCC1COC(=O)N(CCCN(C)C)C(C)=O. The monoisotopic (exact) mass is 381 g/mol. The lowest BCUT2D eigenvalue weighted by Crippen LogP contribution is -2.42. The largest absolute Gasteiger partial charge is 0.449 e. The van der Waals surface area contributed by atoms with E-state index in [9.17, 15) is 19.2 Å². The molecular formula is C19H31N3O5. The molecule has 27 heavy (non-hydrogen) atoms. The van der Waals surface area contributed by atoms with Gasteiger partial charge in [-0.25, -0.2) is 9.69 Å². The van der Waals surface area contributed by atoms with Crippen molar-refractivity contribution in [3.63, 3.8) is 0 Å². The van der Waals surface area contributed by atoms with Crippen LogP contribution in [0.1, 0.15) is 33.1 Å². The van der Waals surface area contributed by atoms with Crippen LogP contribution in [-0.4, -0.2) is 79.4 Å². The molecule has 0 saturated heterocycles. The number of nitrogens with zero attached hydrogens (tertiary/aromatic N) is 3. The van der Waals surface area contributed by atoms with Gasteiger partial charge in [-0.05, 0) is 39.9 Å². The Kier molecular flexibility index (Phi) is 9.14. The summed E-state index contributed by atoms with van der Waals surface area (Å²) in [5.41, 5.74) is 0. The van der Waals surface area contributed by atoms with E-state index in [0.717, 1.165) is 16.3 Å². The Labute approximate surface area is 161 Å². The number of hydrogen-bond donors (Lipinski definition) is 0. The van der Waals surface area contributed by atoms with Gasteiger partial charge in [-0.2, -0.15) is 0 Å². The van der Waals surface area contributed by atoms with E-state index in [-0.39, 0.29) is 36.8 Å². The van der Waals surface area contributed by atoms with E-state index in [2.05, 4.69) is 0 Å². The molecule has 2 atom stereocenters. The molecule has 4 amide bonds. The summed E-state index contributed by atoms with van der Waals surface area (Å²) in [6, 6.07) is 0. The van der Waals surface area contributed by atoms with Crippen LogP contribution >= 0.6 is 0 Å². The van der Waals surface area contributed by atoms with Crippen LogP contribution in [0, 0.1) is 11.8 Å². The fraction of sp³-hybridized carbons (Fsp3) is 0.684. The molecular weight excluding hydrogens is 350 g/mol. The molecule has 1 aliphatic rings. The number of ether oxygens (including phenoxy) is 1.